The number of likely N-dealkylation sites (N-methyl/N-ethyl adjacent to an activating group) is 1. The predicted octanol–water partition coefficient (Wildman–Crippen LogP) is 1.67. The number of amides is 4. The van der Waals surface area contributed by atoms with Crippen molar-refractivity contribution in [1.29, 1.82) is 0 Å². The minimum atomic E-state index is -0.733. The maximum absolute atomic E-state index is 13.0. The van der Waals surface area contributed by atoms with Gasteiger partial charge in [0.1, 0.15) is 12.1 Å². The molecule has 1 aromatic rings. The highest BCUT2D eigenvalue weighted by molar-refractivity contribution is 6.09. The maximum Gasteiger partial charge on any atom is 0.327 e. The minimum Gasteiger partial charge on any atom is -0.333 e. The second kappa shape index (κ2) is 6.41. The molecular formula is C18H25N5O3. The van der Waals surface area contributed by atoms with E-state index in [9.17, 15) is 14.4 Å². The summed E-state index contributed by atoms with van der Waals surface area (Å²) >= 11 is 0. The number of nitrogens with one attached hydrogen (secondary N) is 1. The van der Waals surface area contributed by atoms with Gasteiger partial charge in [-0.05, 0) is 31.7 Å². The molecule has 1 aliphatic carbocycles. The number of nitrogens with zero attached hydrogens (tertiary/aromatic N) is 4. The van der Waals surface area contributed by atoms with Gasteiger partial charge in [0.15, 0.2) is 0 Å². The number of aromatic amines is 1. The van der Waals surface area contributed by atoms with E-state index in [1.807, 2.05) is 6.07 Å². The van der Waals surface area contributed by atoms with Crippen molar-refractivity contribution in [1.82, 2.24) is 24.9 Å². The van der Waals surface area contributed by atoms with Crippen molar-refractivity contribution in [2.45, 2.75) is 56.5 Å². The number of carbonyl (C=O) groups excluding carboxylic acids is 3. The first-order chi connectivity index (χ1) is 12.5. The molecule has 4 rings (SSSR count). The summed E-state index contributed by atoms with van der Waals surface area (Å²) in [4.78, 5) is 43.1. The SMILES string of the molecule is CN1C(=O)N(CC(=O)N2CCCC2c2ccn[nH]2)C(=O)C12CCCCC2. The van der Waals surface area contributed by atoms with Gasteiger partial charge in [-0.1, -0.05) is 19.3 Å². The van der Waals surface area contributed by atoms with E-state index in [-0.39, 0.29) is 30.4 Å². The van der Waals surface area contributed by atoms with Crippen LogP contribution in [0, 0.1) is 0 Å². The van der Waals surface area contributed by atoms with Crippen molar-refractivity contribution in [3.05, 3.63) is 18.0 Å². The molecule has 1 aromatic heterocycles. The first-order valence-electron chi connectivity index (χ1n) is 9.43. The average Bonchev–Trinajstić information content (AvgIpc) is 3.38. The highest BCUT2D eigenvalue weighted by Gasteiger charge is 2.56. The highest BCUT2D eigenvalue weighted by atomic mass is 16.2. The molecule has 1 N–H and O–H groups in total. The Labute approximate surface area is 152 Å². The molecule has 8 nitrogen and oxygen atoms in total. The minimum absolute atomic E-state index is 0.0563. The molecule has 1 spiro atoms. The Morgan fingerprint density at radius 2 is 2.04 bits per heavy atom. The third kappa shape index (κ3) is 2.50. The topological polar surface area (TPSA) is 89.6 Å². The molecule has 1 saturated carbocycles. The smallest absolute Gasteiger partial charge is 0.327 e. The van der Waals surface area contributed by atoms with Gasteiger partial charge in [-0.15, -0.1) is 0 Å². The standard InChI is InChI=1S/C18H25N5O3/c1-21-17(26)23(16(25)18(21)8-3-2-4-9-18)12-15(24)22-11-5-6-14(22)13-7-10-19-20-13/h7,10,14H,2-6,8-9,11-12H2,1H3,(H,19,20). The molecule has 1 unspecified atom stereocenters. The summed E-state index contributed by atoms with van der Waals surface area (Å²) in [5, 5.41) is 6.90. The Balaban J connectivity index is 1.50. The van der Waals surface area contributed by atoms with Gasteiger partial charge in [0.2, 0.25) is 5.91 Å². The van der Waals surface area contributed by atoms with Gasteiger partial charge in [0, 0.05) is 19.8 Å². The predicted molar refractivity (Wildman–Crippen MR) is 93.0 cm³/mol. The summed E-state index contributed by atoms with van der Waals surface area (Å²) in [6.07, 6.45) is 7.80. The van der Waals surface area contributed by atoms with Crippen molar-refractivity contribution < 1.29 is 14.4 Å². The molecule has 140 valence electrons. The Hall–Kier alpha value is -2.38. The second-order valence-electron chi connectivity index (χ2n) is 7.58. The lowest BCUT2D eigenvalue weighted by atomic mass is 9.81. The van der Waals surface area contributed by atoms with Crippen LogP contribution in [0.1, 0.15) is 56.7 Å². The highest BCUT2D eigenvalue weighted by Crippen LogP contribution is 2.39. The van der Waals surface area contributed by atoms with Crippen LogP contribution in [0.3, 0.4) is 0 Å². The largest absolute Gasteiger partial charge is 0.333 e. The molecule has 2 aliphatic heterocycles. The summed E-state index contributed by atoms with van der Waals surface area (Å²) in [5.41, 5.74) is 0.166. The second-order valence-corrected chi connectivity index (χ2v) is 7.58. The van der Waals surface area contributed by atoms with Crippen LogP contribution in [-0.2, 0) is 9.59 Å². The summed E-state index contributed by atoms with van der Waals surface area (Å²) in [6, 6.07) is 1.47. The van der Waals surface area contributed by atoms with E-state index in [2.05, 4.69) is 10.2 Å². The van der Waals surface area contributed by atoms with Crippen LogP contribution in [0.15, 0.2) is 12.3 Å². The quantitative estimate of drug-likeness (QED) is 0.832. The first kappa shape index (κ1) is 17.1. The number of aromatic nitrogens is 2. The fourth-order valence-corrected chi connectivity index (χ4v) is 4.74. The molecule has 8 heteroatoms. The van der Waals surface area contributed by atoms with Gasteiger partial charge in [-0.3, -0.25) is 19.6 Å². The van der Waals surface area contributed by atoms with E-state index in [4.69, 9.17) is 0 Å². The van der Waals surface area contributed by atoms with Crippen LogP contribution in [0.5, 0.6) is 0 Å². The zero-order valence-electron chi connectivity index (χ0n) is 15.1. The van der Waals surface area contributed by atoms with Gasteiger partial charge in [-0.2, -0.15) is 5.10 Å². The van der Waals surface area contributed by atoms with Crippen molar-refractivity contribution in [3.63, 3.8) is 0 Å². The fourth-order valence-electron chi connectivity index (χ4n) is 4.74. The lowest BCUT2D eigenvalue weighted by Gasteiger charge is -2.35. The number of rotatable bonds is 3. The third-order valence-corrected chi connectivity index (χ3v) is 6.23. The fraction of sp³-hybridized carbons (Fsp3) is 0.667. The van der Waals surface area contributed by atoms with E-state index in [1.165, 1.54) is 0 Å². The number of carbonyl (C=O) groups is 3. The lowest BCUT2D eigenvalue weighted by Crippen LogP contribution is -2.49. The zero-order valence-corrected chi connectivity index (χ0v) is 15.1. The number of urea groups is 1. The number of likely N-dealkylation sites (tertiary alicyclic amines) is 1. The van der Waals surface area contributed by atoms with Gasteiger partial charge < -0.3 is 9.80 Å². The number of imide groups is 1. The van der Waals surface area contributed by atoms with Crippen LogP contribution in [0.2, 0.25) is 0 Å². The van der Waals surface area contributed by atoms with E-state index < -0.39 is 5.54 Å². The monoisotopic (exact) mass is 359 g/mol. The van der Waals surface area contributed by atoms with Crippen molar-refractivity contribution in [3.8, 4) is 0 Å². The third-order valence-electron chi connectivity index (χ3n) is 6.23. The number of H-pyrrole nitrogens is 1. The van der Waals surface area contributed by atoms with Gasteiger partial charge >= 0.3 is 6.03 Å². The summed E-state index contributed by atoms with van der Waals surface area (Å²) in [5.74, 6) is -0.375. The molecule has 3 aliphatic rings. The number of hydrogen-bond donors (Lipinski definition) is 1. The molecule has 0 aromatic carbocycles. The first-order valence-corrected chi connectivity index (χ1v) is 9.43. The normalized spacial score (nSPS) is 25.6. The molecule has 4 amide bonds. The van der Waals surface area contributed by atoms with Crippen LogP contribution >= 0.6 is 0 Å². The molecule has 26 heavy (non-hydrogen) atoms. The molecule has 2 saturated heterocycles. The summed E-state index contributed by atoms with van der Waals surface area (Å²) in [7, 11) is 1.69. The van der Waals surface area contributed by atoms with Gasteiger partial charge in [0.25, 0.3) is 5.91 Å². The Kier molecular flexibility index (Phi) is 4.20. The van der Waals surface area contributed by atoms with E-state index in [0.29, 0.717) is 19.4 Å². The summed E-state index contributed by atoms with van der Waals surface area (Å²) in [6.45, 7) is 0.466. The van der Waals surface area contributed by atoms with Crippen molar-refractivity contribution in [2.75, 3.05) is 20.1 Å². The van der Waals surface area contributed by atoms with Crippen LogP contribution in [-0.4, -0.2) is 68.4 Å². The average molecular weight is 359 g/mol. The van der Waals surface area contributed by atoms with Crippen molar-refractivity contribution >= 4 is 17.8 Å². The van der Waals surface area contributed by atoms with Crippen LogP contribution < -0.4 is 0 Å². The molecule has 3 heterocycles. The zero-order chi connectivity index (χ0) is 18.3. The van der Waals surface area contributed by atoms with Crippen molar-refractivity contribution in [2.24, 2.45) is 0 Å². The van der Waals surface area contributed by atoms with Crippen LogP contribution in [0.25, 0.3) is 0 Å². The maximum atomic E-state index is 13.0. The van der Waals surface area contributed by atoms with E-state index in [0.717, 1.165) is 42.7 Å². The Morgan fingerprint density at radius 1 is 1.27 bits per heavy atom. The molecule has 0 radical (unpaired) electrons. The van der Waals surface area contributed by atoms with Gasteiger partial charge in [-0.25, -0.2) is 4.79 Å². The van der Waals surface area contributed by atoms with Crippen LogP contribution in [0.4, 0.5) is 4.79 Å². The van der Waals surface area contributed by atoms with E-state index >= 15 is 0 Å². The van der Waals surface area contributed by atoms with E-state index in [1.54, 1.807) is 23.0 Å². The molecule has 3 fully saturated rings. The summed E-state index contributed by atoms with van der Waals surface area (Å²) < 4.78 is 0. The molecule has 0 bridgehead atoms. The molecule has 1 atom stereocenters. The molecular weight excluding hydrogens is 334 g/mol. The number of hydrogen-bond acceptors (Lipinski definition) is 4. The van der Waals surface area contributed by atoms with Gasteiger partial charge in [0.05, 0.1) is 11.7 Å². The Bertz CT molecular complexity index is 710. The Morgan fingerprint density at radius 3 is 2.73 bits per heavy atom. The lowest BCUT2D eigenvalue weighted by molar-refractivity contribution is -0.141.